The molecule has 0 aliphatic carbocycles. The van der Waals surface area contributed by atoms with Gasteiger partial charge in [0.2, 0.25) is 0 Å². The van der Waals surface area contributed by atoms with Crippen molar-refractivity contribution in [3.63, 3.8) is 0 Å². The summed E-state index contributed by atoms with van der Waals surface area (Å²) < 4.78 is 37.5. The molecule has 0 aromatic rings. The molecule has 2 N–H and O–H groups in total. The van der Waals surface area contributed by atoms with Crippen molar-refractivity contribution in [2.45, 2.75) is 31.2 Å². The maximum Gasteiger partial charge on any atom is 0.412 e. The van der Waals surface area contributed by atoms with Crippen LogP contribution in [0.25, 0.3) is 0 Å². The molecule has 0 aromatic heterocycles. The molecule has 2 amide bonds. The molecule has 0 radical (unpaired) electrons. The van der Waals surface area contributed by atoms with Crippen LogP contribution in [0.15, 0.2) is 11.6 Å². The normalized spacial score (nSPS) is 26.8. The number of rotatable bonds is 1. The van der Waals surface area contributed by atoms with E-state index in [9.17, 15) is 27.9 Å². The van der Waals surface area contributed by atoms with E-state index < -0.39 is 35.9 Å². The Balaban J connectivity index is 2.05. The second kappa shape index (κ2) is 5.55. The van der Waals surface area contributed by atoms with Gasteiger partial charge in [-0.3, -0.25) is 0 Å². The van der Waals surface area contributed by atoms with Crippen LogP contribution in [0.2, 0.25) is 0 Å². The first kappa shape index (κ1) is 15.6. The number of carboxylic acid groups (broad SMARTS) is 1. The lowest BCUT2D eigenvalue weighted by molar-refractivity contribution is -0.141. The molecule has 6 nitrogen and oxygen atoms in total. The maximum absolute atomic E-state index is 12.5. The molecule has 1 fully saturated rings. The fourth-order valence-corrected chi connectivity index (χ4v) is 2.54. The van der Waals surface area contributed by atoms with Crippen molar-refractivity contribution in [1.82, 2.24) is 9.80 Å². The van der Waals surface area contributed by atoms with Gasteiger partial charge >= 0.3 is 18.2 Å². The molecule has 0 unspecified atom stereocenters. The molecule has 118 valence electrons. The van der Waals surface area contributed by atoms with Gasteiger partial charge in [-0.25, -0.2) is 9.59 Å². The number of carboxylic acids is 1. The van der Waals surface area contributed by atoms with Gasteiger partial charge in [0.05, 0.1) is 6.10 Å². The minimum Gasteiger partial charge on any atom is -0.480 e. The summed E-state index contributed by atoms with van der Waals surface area (Å²) in [4.78, 5) is 25.4. The molecule has 0 saturated carbocycles. The Morgan fingerprint density at radius 2 is 2.00 bits per heavy atom. The van der Waals surface area contributed by atoms with E-state index in [-0.39, 0.29) is 32.5 Å². The molecule has 2 aliphatic heterocycles. The Morgan fingerprint density at radius 1 is 1.33 bits per heavy atom. The minimum absolute atomic E-state index is 0.0709. The second-order valence-corrected chi connectivity index (χ2v) is 5.10. The van der Waals surface area contributed by atoms with Gasteiger partial charge in [0, 0.05) is 31.6 Å². The lowest BCUT2D eigenvalue weighted by Gasteiger charge is -2.32. The number of aliphatic carboxylic acids is 1. The molecule has 0 spiro atoms. The summed E-state index contributed by atoms with van der Waals surface area (Å²) in [6, 6.07) is -1.79. The van der Waals surface area contributed by atoms with E-state index in [4.69, 9.17) is 5.11 Å². The quantitative estimate of drug-likeness (QED) is 0.703. The third kappa shape index (κ3) is 3.29. The zero-order chi connectivity index (χ0) is 15.8. The molecular formula is C12H15F3N2O4. The molecule has 2 aliphatic rings. The number of carbonyl (C=O) groups is 2. The number of aliphatic hydroxyl groups is 1. The summed E-state index contributed by atoms with van der Waals surface area (Å²) in [7, 11) is 0. The molecule has 21 heavy (non-hydrogen) atoms. The highest BCUT2D eigenvalue weighted by molar-refractivity contribution is 5.83. The summed E-state index contributed by atoms with van der Waals surface area (Å²) in [5.41, 5.74) is -0.678. The summed E-state index contributed by atoms with van der Waals surface area (Å²) in [5.74, 6) is -1.23. The zero-order valence-corrected chi connectivity index (χ0v) is 11.0. The number of hydrogen-bond donors (Lipinski definition) is 2. The highest BCUT2D eigenvalue weighted by atomic mass is 19.4. The Bertz CT molecular complexity index is 478. The van der Waals surface area contributed by atoms with E-state index in [1.165, 1.54) is 0 Å². The van der Waals surface area contributed by atoms with Crippen molar-refractivity contribution in [1.29, 1.82) is 0 Å². The van der Waals surface area contributed by atoms with E-state index in [0.717, 1.165) is 15.9 Å². The van der Waals surface area contributed by atoms with Gasteiger partial charge in [0.25, 0.3) is 0 Å². The van der Waals surface area contributed by atoms with Crippen LogP contribution in [0.4, 0.5) is 18.0 Å². The van der Waals surface area contributed by atoms with Gasteiger partial charge in [0.1, 0.15) is 6.04 Å². The zero-order valence-electron chi connectivity index (χ0n) is 11.0. The molecule has 9 heteroatoms. The highest BCUT2D eigenvalue weighted by Crippen LogP contribution is 2.30. The van der Waals surface area contributed by atoms with E-state index in [2.05, 4.69) is 0 Å². The third-order valence-corrected chi connectivity index (χ3v) is 3.65. The van der Waals surface area contributed by atoms with Crippen LogP contribution >= 0.6 is 0 Å². The molecule has 0 bridgehead atoms. The largest absolute Gasteiger partial charge is 0.480 e. The molecule has 1 saturated heterocycles. The van der Waals surface area contributed by atoms with E-state index >= 15 is 0 Å². The predicted octanol–water partition coefficient (Wildman–Crippen LogP) is 0.821. The number of halogens is 3. The maximum atomic E-state index is 12.5. The number of β-amino-alcohol motifs (C(OH)–C–C–N with tert-alkyl or cyclic N) is 1. The summed E-state index contributed by atoms with van der Waals surface area (Å²) >= 11 is 0. The first-order valence-corrected chi connectivity index (χ1v) is 6.42. The lowest BCUT2D eigenvalue weighted by atomic mass is 10.1. The van der Waals surface area contributed by atoms with Crippen LogP contribution in [0.1, 0.15) is 12.8 Å². The smallest absolute Gasteiger partial charge is 0.412 e. The van der Waals surface area contributed by atoms with Gasteiger partial charge in [0.15, 0.2) is 0 Å². The van der Waals surface area contributed by atoms with Gasteiger partial charge in [-0.2, -0.15) is 13.2 Å². The Morgan fingerprint density at radius 3 is 2.48 bits per heavy atom. The van der Waals surface area contributed by atoms with Gasteiger partial charge in [-0.1, -0.05) is 6.08 Å². The minimum atomic E-state index is -4.40. The fourth-order valence-electron chi connectivity index (χ4n) is 2.54. The average Bonchev–Trinajstić information content (AvgIpc) is 2.79. The van der Waals surface area contributed by atoms with Crippen LogP contribution in [0.3, 0.4) is 0 Å². The van der Waals surface area contributed by atoms with Crippen molar-refractivity contribution in [3.8, 4) is 0 Å². The van der Waals surface area contributed by atoms with Crippen molar-refractivity contribution < 1.29 is 33.0 Å². The molecule has 2 heterocycles. The average molecular weight is 308 g/mol. The summed E-state index contributed by atoms with van der Waals surface area (Å²) in [6.45, 7) is -0.460. The Hall–Kier alpha value is -1.77. The lowest BCUT2D eigenvalue weighted by Crippen LogP contribution is -2.49. The van der Waals surface area contributed by atoms with Crippen molar-refractivity contribution in [2.75, 3.05) is 19.6 Å². The number of hydrogen-bond acceptors (Lipinski definition) is 3. The van der Waals surface area contributed by atoms with E-state index in [1.807, 2.05) is 0 Å². The van der Waals surface area contributed by atoms with Crippen LogP contribution in [-0.2, 0) is 4.79 Å². The van der Waals surface area contributed by atoms with Gasteiger partial charge < -0.3 is 20.0 Å². The SMILES string of the molecule is O=C(O)[C@@H]1C[C@H](O)CN1C(=O)N1CC=C(C(F)(F)F)CC1. The predicted molar refractivity (Wildman–Crippen MR) is 64.5 cm³/mol. The molecule has 2 rings (SSSR count). The summed E-state index contributed by atoms with van der Waals surface area (Å²) in [6.07, 6.45) is -4.78. The number of amides is 2. The molecule has 2 atom stereocenters. The number of urea groups is 1. The number of nitrogens with zero attached hydrogens (tertiary/aromatic N) is 2. The molecular weight excluding hydrogens is 293 g/mol. The van der Waals surface area contributed by atoms with Crippen LogP contribution < -0.4 is 0 Å². The Kier molecular flexibility index (Phi) is 4.13. The van der Waals surface area contributed by atoms with Crippen molar-refractivity contribution in [2.24, 2.45) is 0 Å². The van der Waals surface area contributed by atoms with Gasteiger partial charge in [-0.15, -0.1) is 0 Å². The van der Waals surface area contributed by atoms with Crippen molar-refractivity contribution in [3.05, 3.63) is 11.6 Å². The number of alkyl halides is 3. The summed E-state index contributed by atoms with van der Waals surface area (Å²) in [5, 5.41) is 18.5. The standard InChI is InChI=1S/C12H15F3N2O4/c13-12(14,15)7-1-3-16(4-2-7)11(21)17-6-8(18)5-9(17)10(19)20/h1,8-9,18H,2-6H2,(H,19,20)/t8-,9-/m0/s1. The highest BCUT2D eigenvalue weighted by Gasteiger charge is 2.42. The Labute approximate surface area is 118 Å². The fraction of sp³-hybridized carbons (Fsp3) is 0.667. The topological polar surface area (TPSA) is 81.1 Å². The van der Waals surface area contributed by atoms with Crippen molar-refractivity contribution >= 4 is 12.0 Å². The second-order valence-electron chi connectivity index (χ2n) is 5.10. The van der Waals surface area contributed by atoms with Crippen LogP contribution in [-0.4, -0.2) is 70.0 Å². The third-order valence-electron chi connectivity index (χ3n) is 3.65. The monoisotopic (exact) mass is 308 g/mol. The number of aliphatic hydroxyl groups excluding tert-OH is 1. The van der Waals surface area contributed by atoms with E-state index in [0.29, 0.717) is 0 Å². The van der Waals surface area contributed by atoms with Gasteiger partial charge in [-0.05, 0) is 6.42 Å². The molecule has 0 aromatic carbocycles. The number of carbonyl (C=O) groups excluding carboxylic acids is 1. The first-order chi connectivity index (χ1) is 9.70. The van der Waals surface area contributed by atoms with E-state index in [1.54, 1.807) is 0 Å². The van der Waals surface area contributed by atoms with Crippen LogP contribution in [0.5, 0.6) is 0 Å². The van der Waals surface area contributed by atoms with Crippen LogP contribution in [0, 0.1) is 0 Å². The first-order valence-electron chi connectivity index (χ1n) is 6.42. The number of likely N-dealkylation sites (tertiary alicyclic amines) is 1.